The van der Waals surface area contributed by atoms with Crippen molar-refractivity contribution in [3.05, 3.63) is 70.8 Å². The standard InChI is InChI=1S/C19H22N2O4/c1-3-24-17(22)13-5-9-15(10-6-13)19(20,21)16-11-7-14(8-12-16)18(23)25-4-2/h5-12H,3-4,20-21H2,1-2H3. The van der Waals surface area contributed by atoms with Gasteiger partial charge in [-0.15, -0.1) is 0 Å². The van der Waals surface area contributed by atoms with Gasteiger partial charge in [-0.3, -0.25) is 0 Å². The average Bonchev–Trinajstić information content (AvgIpc) is 2.62. The molecule has 0 aliphatic rings. The minimum absolute atomic E-state index is 0.311. The maximum Gasteiger partial charge on any atom is 0.338 e. The summed E-state index contributed by atoms with van der Waals surface area (Å²) in [4.78, 5) is 23.4. The number of benzene rings is 2. The number of carbonyl (C=O) groups excluding carboxylic acids is 2. The van der Waals surface area contributed by atoms with Crippen molar-refractivity contribution in [1.29, 1.82) is 0 Å². The van der Waals surface area contributed by atoms with E-state index in [1.807, 2.05) is 0 Å². The molecule has 0 saturated heterocycles. The Morgan fingerprint density at radius 1 is 0.760 bits per heavy atom. The Balaban J connectivity index is 2.22. The second-order valence-corrected chi connectivity index (χ2v) is 5.46. The minimum Gasteiger partial charge on any atom is -0.462 e. The molecule has 0 aromatic heterocycles. The van der Waals surface area contributed by atoms with Crippen LogP contribution in [0.2, 0.25) is 0 Å². The van der Waals surface area contributed by atoms with E-state index in [1.165, 1.54) is 0 Å². The molecule has 0 aliphatic heterocycles. The first kappa shape index (κ1) is 18.6. The van der Waals surface area contributed by atoms with Crippen molar-refractivity contribution in [3.63, 3.8) is 0 Å². The van der Waals surface area contributed by atoms with Gasteiger partial charge in [0, 0.05) is 0 Å². The molecular weight excluding hydrogens is 320 g/mol. The van der Waals surface area contributed by atoms with Crippen LogP contribution in [0.15, 0.2) is 48.5 Å². The summed E-state index contributed by atoms with van der Waals surface area (Å²) in [6.45, 7) is 4.12. The van der Waals surface area contributed by atoms with E-state index in [4.69, 9.17) is 20.9 Å². The molecular formula is C19H22N2O4. The molecule has 6 heteroatoms. The molecule has 0 unspecified atom stereocenters. The molecule has 6 nitrogen and oxygen atoms in total. The number of carbonyl (C=O) groups is 2. The van der Waals surface area contributed by atoms with Crippen LogP contribution in [0.5, 0.6) is 0 Å². The molecule has 4 N–H and O–H groups in total. The van der Waals surface area contributed by atoms with Gasteiger partial charge in [-0.25, -0.2) is 9.59 Å². The molecule has 25 heavy (non-hydrogen) atoms. The Morgan fingerprint density at radius 2 is 1.08 bits per heavy atom. The minimum atomic E-state index is -1.26. The van der Waals surface area contributed by atoms with Crippen molar-refractivity contribution < 1.29 is 19.1 Å². The van der Waals surface area contributed by atoms with E-state index >= 15 is 0 Å². The third-order valence-corrected chi connectivity index (χ3v) is 3.75. The summed E-state index contributed by atoms with van der Waals surface area (Å²) in [5, 5.41) is 0. The molecule has 0 radical (unpaired) electrons. The fraction of sp³-hybridized carbons (Fsp3) is 0.263. The van der Waals surface area contributed by atoms with Gasteiger partial charge in [-0.2, -0.15) is 0 Å². The maximum absolute atomic E-state index is 11.7. The SMILES string of the molecule is CCOC(=O)c1ccc(C(N)(N)c2ccc(C(=O)OCC)cc2)cc1. The number of nitrogens with two attached hydrogens (primary N) is 2. The number of ether oxygens (including phenoxy) is 2. The van der Waals surface area contributed by atoms with E-state index in [9.17, 15) is 9.59 Å². The van der Waals surface area contributed by atoms with Crippen molar-refractivity contribution in [2.45, 2.75) is 19.5 Å². The molecule has 0 heterocycles. The molecule has 2 rings (SSSR count). The van der Waals surface area contributed by atoms with Gasteiger partial charge in [0.2, 0.25) is 0 Å². The number of hydrogen-bond donors (Lipinski definition) is 2. The second-order valence-electron chi connectivity index (χ2n) is 5.46. The number of hydrogen-bond acceptors (Lipinski definition) is 6. The lowest BCUT2D eigenvalue weighted by Crippen LogP contribution is -2.47. The molecule has 0 bridgehead atoms. The largest absolute Gasteiger partial charge is 0.462 e. The maximum atomic E-state index is 11.7. The van der Waals surface area contributed by atoms with Crippen LogP contribution in [0.25, 0.3) is 0 Å². The molecule has 0 amide bonds. The van der Waals surface area contributed by atoms with Gasteiger partial charge in [-0.1, -0.05) is 24.3 Å². The zero-order valence-electron chi connectivity index (χ0n) is 14.3. The van der Waals surface area contributed by atoms with Crippen LogP contribution < -0.4 is 11.5 Å². The van der Waals surface area contributed by atoms with Gasteiger partial charge in [0.1, 0.15) is 5.66 Å². The Bertz CT molecular complexity index is 674. The van der Waals surface area contributed by atoms with Crippen LogP contribution >= 0.6 is 0 Å². The highest BCUT2D eigenvalue weighted by Gasteiger charge is 2.25. The van der Waals surface area contributed by atoms with E-state index in [-0.39, 0.29) is 0 Å². The first-order valence-corrected chi connectivity index (χ1v) is 8.03. The summed E-state index contributed by atoms with van der Waals surface area (Å²) in [5.74, 6) is -0.792. The van der Waals surface area contributed by atoms with Gasteiger partial charge in [0.15, 0.2) is 0 Å². The van der Waals surface area contributed by atoms with E-state index in [0.717, 1.165) is 0 Å². The Kier molecular flexibility index (Phi) is 5.90. The van der Waals surface area contributed by atoms with Crippen LogP contribution in [0.3, 0.4) is 0 Å². The first-order valence-electron chi connectivity index (χ1n) is 8.03. The Hall–Kier alpha value is -2.70. The monoisotopic (exact) mass is 342 g/mol. The predicted octanol–water partition coefficient (Wildman–Crippen LogP) is 2.16. The third-order valence-electron chi connectivity index (χ3n) is 3.75. The fourth-order valence-electron chi connectivity index (χ4n) is 2.36. The number of esters is 2. The molecule has 0 aliphatic carbocycles. The van der Waals surface area contributed by atoms with Gasteiger partial charge >= 0.3 is 11.9 Å². The van der Waals surface area contributed by atoms with Crippen molar-refractivity contribution >= 4 is 11.9 Å². The summed E-state index contributed by atoms with van der Waals surface area (Å²) < 4.78 is 9.90. The van der Waals surface area contributed by atoms with Crippen LogP contribution in [0.4, 0.5) is 0 Å². The fourth-order valence-corrected chi connectivity index (χ4v) is 2.36. The molecule has 132 valence electrons. The summed E-state index contributed by atoms with van der Waals surface area (Å²) in [5.41, 5.74) is 13.4. The van der Waals surface area contributed by atoms with E-state index in [1.54, 1.807) is 62.4 Å². The van der Waals surface area contributed by atoms with Crippen molar-refractivity contribution in [2.75, 3.05) is 13.2 Å². The van der Waals surface area contributed by atoms with E-state index in [2.05, 4.69) is 0 Å². The van der Waals surface area contributed by atoms with Crippen LogP contribution in [-0.2, 0) is 15.1 Å². The van der Waals surface area contributed by atoms with Crippen molar-refractivity contribution in [2.24, 2.45) is 11.5 Å². The lowest BCUT2D eigenvalue weighted by Gasteiger charge is -2.26. The highest BCUT2D eigenvalue weighted by atomic mass is 16.5. The summed E-state index contributed by atoms with van der Waals surface area (Å²) in [6, 6.07) is 13.2. The lowest BCUT2D eigenvalue weighted by atomic mass is 9.91. The smallest absolute Gasteiger partial charge is 0.338 e. The summed E-state index contributed by atoms with van der Waals surface area (Å²) >= 11 is 0. The van der Waals surface area contributed by atoms with Crippen LogP contribution in [-0.4, -0.2) is 25.2 Å². The molecule has 0 spiro atoms. The molecule has 0 saturated carbocycles. The average molecular weight is 342 g/mol. The third kappa shape index (κ3) is 4.23. The first-order chi connectivity index (χ1) is 11.9. The predicted molar refractivity (Wildman–Crippen MR) is 94.0 cm³/mol. The van der Waals surface area contributed by atoms with Gasteiger partial charge < -0.3 is 20.9 Å². The van der Waals surface area contributed by atoms with Gasteiger partial charge in [0.05, 0.1) is 24.3 Å². The zero-order chi connectivity index (χ0) is 18.4. The van der Waals surface area contributed by atoms with Gasteiger partial charge in [-0.05, 0) is 49.2 Å². The highest BCUT2D eigenvalue weighted by Crippen LogP contribution is 2.23. The van der Waals surface area contributed by atoms with E-state index < -0.39 is 17.6 Å². The summed E-state index contributed by atoms with van der Waals surface area (Å²) in [6.07, 6.45) is 0. The topological polar surface area (TPSA) is 105 Å². The van der Waals surface area contributed by atoms with Crippen LogP contribution in [0.1, 0.15) is 45.7 Å². The zero-order valence-corrected chi connectivity index (χ0v) is 14.3. The molecule has 2 aromatic rings. The van der Waals surface area contributed by atoms with Crippen molar-refractivity contribution in [1.82, 2.24) is 0 Å². The van der Waals surface area contributed by atoms with Crippen LogP contribution in [0, 0.1) is 0 Å². The molecule has 2 aromatic carbocycles. The normalized spacial score (nSPS) is 11.0. The Morgan fingerprint density at radius 3 is 1.36 bits per heavy atom. The molecule has 0 fully saturated rings. The lowest BCUT2D eigenvalue weighted by molar-refractivity contribution is 0.0517. The highest BCUT2D eigenvalue weighted by molar-refractivity contribution is 5.90. The van der Waals surface area contributed by atoms with E-state index in [0.29, 0.717) is 35.5 Å². The van der Waals surface area contributed by atoms with Crippen molar-refractivity contribution in [3.8, 4) is 0 Å². The quantitative estimate of drug-likeness (QED) is 0.616. The summed E-state index contributed by atoms with van der Waals surface area (Å²) in [7, 11) is 0. The number of rotatable bonds is 6. The second kappa shape index (κ2) is 7.92. The molecule has 0 atom stereocenters. The Labute approximate surface area is 146 Å². The van der Waals surface area contributed by atoms with Gasteiger partial charge in [0.25, 0.3) is 0 Å².